The lowest BCUT2D eigenvalue weighted by atomic mass is 10.1. The van der Waals surface area contributed by atoms with Crippen molar-refractivity contribution in [3.63, 3.8) is 0 Å². The van der Waals surface area contributed by atoms with Crippen molar-refractivity contribution in [1.29, 1.82) is 0 Å². The van der Waals surface area contributed by atoms with Crippen molar-refractivity contribution >= 4 is 62.7 Å². The summed E-state index contributed by atoms with van der Waals surface area (Å²) in [6.07, 6.45) is 3.21. The first kappa shape index (κ1) is 16.6. The van der Waals surface area contributed by atoms with Crippen LogP contribution in [0.3, 0.4) is 0 Å². The van der Waals surface area contributed by atoms with E-state index in [2.05, 4.69) is 15.3 Å². The van der Waals surface area contributed by atoms with E-state index in [1.807, 2.05) is 6.07 Å². The van der Waals surface area contributed by atoms with Crippen molar-refractivity contribution in [1.82, 2.24) is 9.97 Å². The Kier molecular flexibility index (Phi) is 4.27. The maximum Gasteiger partial charge on any atom is 0.224 e. The molecule has 25 heavy (non-hydrogen) atoms. The molecule has 0 aliphatic heterocycles. The predicted octanol–water partition coefficient (Wildman–Crippen LogP) is 4.88. The molecular weight excluding hydrogens is 379 g/mol. The molecule has 0 unspecified atom stereocenters. The highest BCUT2D eigenvalue weighted by atomic mass is 35.5. The minimum absolute atomic E-state index is 0.393. The molecule has 0 radical (unpaired) electrons. The molecule has 1 fully saturated rings. The Morgan fingerprint density at radius 1 is 1.28 bits per heavy atom. The Labute approximate surface area is 158 Å². The molecule has 5 nitrogen and oxygen atoms in total. The smallest absolute Gasteiger partial charge is 0.224 e. The van der Waals surface area contributed by atoms with Crippen LogP contribution in [0.15, 0.2) is 18.2 Å². The number of nitrogen functional groups attached to an aromatic ring is 1. The van der Waals surface area contributed by atoms with Crippen LogP contribution in [0.5, 0.6) is 0 Å². The standard InChI is InChI=1S/C17H14Cl2N4OS/c18-10-4-3-9(5-11(10)19)15-13-14(20)12(7-24)25-16(13)23-17(22-15)21-6-8-1-2-8/h3-5,7-8H,1-2,6,20H2,(H,21,22,23). The number of aldehydes is 1. The van der Waals surface area contributed by atoms with E-state index in [0.29, 0.717) is 48.4 Å². The van der Waals surface area contributed by atoms with Gasteiger partial charge in [0.25, 0.3) is 0 Å². The van der Waals surface area contributed by atoms with Gasteiger partial charge in [-0.3, -0.25) is 4.79 Å². The van der Waals surface area contributed by atoms with Crippen LogP contribution in [0, 0.1) is 5.92 Å². The molecule has 1 aromatic carbocycles. The Hall–Kier alpha value is -1.89. The summed E-state index contributed by atoms with van der Waals surface area (Å²) in [4.78, 5) is 21.6. The van der Waals surface area contributed by atoms with E-state index < -0.39 is 0 Å². The number of halogens is 2. The van der Waals surface area contributed by atoms with Crippen LogP contribution < -0.4 is 11.1 Å². The van der Waals surface area contributed by atoms with Crippen LogP contribution in [-0.2, 0) is 0 Å². The van der Waals surface area contributed by atoms with Gasteiger partial charge in [-0.2, -0.15) is 0 Å². The highest BCUT2D eigenvalue weighted by Crippen LogP contribution is 2.39. The average Bonchev–Trinajstić information content (AvgIpc) is 3.38. The molecule has 0 saturated heterocycles. The van der Waals surface area contributed by atoms with Gasteiger partial charge in [0, 0.05) is 12.1 Å². The largest absolute Gasteiger partial charge is 0.397 e. The summed E-state index contributed by atoms with van der Waals surface area (Å²) in [7, 11) is 0. The molecule has 3 N–H and O–H groups in total. The van der Waals surface area contributed by atoms with E-state index in [4.69, 9.17) is 28.9 Å². The molecule has 2 heterocycles. The lowest BCUT2D eigenvalue weighted by molar-refractivity contribution is 0.112. The van der Waals surface area contributed by atoms with Crippen molar-refractivity contribution in [2.75, 3.05) is 17.6 Å². The van der Waals surface area contributed by atoms with Crippen LogP contribution in [0.2, 0.25) is 10.0 Å². The summed E-state index contributed by atoms with van der Waals surface area (Å²) in [6, 6.07) is 5.29. The first-order valence-corrected chi connectivity index (χ1v) is 9.38. The summed E-state index contributed by atoms with van der Waals surface area (Å²) in [5.41, 5.74) is 7.97. The van der Waals surface area contributed by atoms with Crippen LogP contribution >= 0.6 is 34.5 Å². The summed E-state index contributed by atoms with van der Waals surface area (Å²) in [6.45, 7) is 0.841. The molecule has 0 atom stereocenters. The third-order valence-electron chi connectivity index (χ3n) is 4.16. The molecule has 0 amide bonds. The van der Waals surface area contributed by atoms with Crippen LogP contribution in [0.25, 0.3) is 21.5 Å². The van der Waals surface area contributed by atoms with Gasteiger partial charge in [-0.1, -0.05) is 29.3 Å². The molecule has 1 aliphatic carbocycles. The van der Waals surface area contributed by atoms with Crippen LogP contribution in [-0.4, -0.2) is 22.8 Å². The molecular formula is C17H14Cl2N4OS. The number of nitrogens with two attached hydrogens (primary N) is 1. The van der Waals surface area contributed by atoms with Gasteiger partial charge in [0.1, 0.15) is 4.83 Å². The number of anilines is 2. The molecule has 0 bridgehead atoms. The predicted molar refractivity (Wildman–Crippen MR) is 104 cm³/mol. The molecule has 128 valence electrons. The number of aromatic nitrogens is 2. The van der Waals surface area contributed by atoms with Crippen molar-refractivity contribution in [3.05, 3.63) is 33.1 Å². The minimum Gasteiger partial charge on any atom is -0.397 e. The van der Waals surface area contributed by atoms with Crippen LogP contribution in [0.4, 0.5) is 11.6 Å². The second-order valence-corrected chi connectivity index (χ2v) is 7.87. The molecule has 4 rings (SSSR count). The molecule has 1 aliphatic rings. The van der Waals surface area contributed by atoms with Gasteiger partial charge >= 0.3 is 0 Å². The summed E-state index contributed by atoms with van der Waals surface area (Å²) in [5, 5.41) is 4.85. The third kappa shape index (κ3) is 3.17. The number of nitrogens with one attached hydrogen (secondary N) is 1. The lowest BCUT2D eigenvalue weighted by Gasteiger charge is -2.09. The highest BCUT2D eigenvalue weighted by molar-refractivity contribution is 7.21. The fraction of sp³-hybridized carbons (Fsp3) is 0.235. The van der Waals surface area contributed by atoms with Gasteiger partial charge in [-0.15, -0.1) is 11.3 Å². The first-order valence-electron chi connectivity index (χ1n) is 7.81. The number of carbonyl (C=O) groups excluding carboxylic acids is 1. The normalized spacial score (nSPS) is 14.0. The average molecular weight is 393 g/mol. The lowest BCUT2D eigenvalue weighted by Crippen LogP contribution is -2.07. The number of nitrogens with zero attached hydrogens (tertiary/aromatic N) is 2. The SMILES string of the molecule is Nc1c(C=O)sc2nc(NCC3CC3)nc(-c3ccc(Cl)c(Cl)c3)c12. The van der Waals surface area contributed by atoms with Gasteiger partial charge in [-0.05, 0) is 30.9 Å². The molecule has 1 saturated carbocycles. The number of benzene rings is 1. The zero-order valence-corrected chi connectivity index (χ0v) is 15.4. The zero-order chi connectivity index (χ0) is 17.6. The van der Waals surface area contributed by atoms with Gasteiger partial charge in [-0.25, -0.2) is 9.97 Å². The molecule has 3 aromatic rings. The van der Waals surface area contributed by atoms with Crippen molar-refractivity contribution < 1.29 is 4.79 Å². The van der Waals surface area contributed by atoms with E-state index >= 15 is 0 Å². The third-order valence-corrected chi connectivity index (χ3v) is 5.93. The first-order chi connectivity index (χ1) is 12.1. The maximum absolute atomic E-state index is 11.3. The Balaban J connectivity index is 1.89. The number of hydrogen-bond donors (Lipinski definition) is 2. The Morgan fingerprint density at radius 3 is 2.76 bits per heavy atom. The van der Waals surface area contributed by atoms with Crippen molar-refractivity contribution in [2.24, 2.45) is 5.92 Å². The summed E-state index contributed by atoms with van der Waals surface area (Å²) in [5.74, 6) is 1.21. The van der Waals surface area contributed by atoms with E-state index in [-0.39, 0.29) is 0 Å². The van der Waals surface area contributed by atoms with Gasteiger partial charge in [0.05, 0.1) is 31.7 Å². The van der Waals surface area contributed by atoms with Crippen LogP contribution in [0.1, 0.15) is 22.5 Å². The maximum atomic E-state index is 11.3. The van der Waals surface area contributed by atoms with Crippen molar-refractivity contribution in [3.8, 4) is 11.3 Å². The fourth-order valence-electron chi connectivity index (χ4n) is 2.62. The number of thiophene rings is 1. The molecule has 2 aromatic heterocycles. The Morgan fingerprint density at radius 2 is 2.08 bits per heavy atom. The number of rotatable bonds is 5. The van der Waals surface area contributed by atoms with Gasteiger partial charge in [0.2, 0.25) is 5.95 Å². The highest BCUT2D eigenvalue weighted by Gasteiger charge is 2.22. The fourth-order valence-corrected chi connectivity index (χ4v) is 3.82. The van der Waals surface area contributed by atoms with E-state index in [1.165, 1.54) is 24.2 Å². The monoisotopic (exact) mass is 392 g/mol. The summed E-state index contributed by atoms with van der Waals surface area (Å²) >= 11 is 13.4. The number of hydrogen-bond acceptors (Lipinski definition) is 6. The van der Waals surface area contributed by atoms with Gasteiger partial charge < -0.3 is 11.1 Å². The van der Waals surface area contributed by atoms with E-state index in [1.54, 1.807) is 12.1 Å². The Bertz CT molecular complexity index is 984. The van der Waals surface area contributed by atoms with E-state index in [0.717, 1.165) is 18.4 Å². The zero-order valence-electron chi connectivity index (χ0n) is 13.1. The number of carbonyl (C=O) groups is 1. The molecule has 8 heteroatoms. The second kappa shape index (κ2) is 6.44. The van der Waals surface area contributed by atoms with Crippen molar-refractivity contribution in [2.45, 2.75) is 12.8 Å². The molecule has 0 spiro atoms. The summed E-state index contributed by atoms with van der Waals surface area (Å²) < 4.78 is 0. The topological polar surface area (TPSA) is 80.9 Å². The van der Waals surface area contributed by atoms with Gasteiger partial charge in [0.15, 0.2) is 6.29 Å². The quantitative estimate of drug-likeness (QED) is 0.604. The second-order valence-electron chi connectivity index (χ2n) is 6.03. The minimum atomic E-state index is 0.393. The number of fused-ring (bicyclic) bond motifs is 1. The van der Waals surface area contributed by atoms with E-state index in [9.17, 15) is 4.79 Å².